The zero-order valence-electron chi connectivity index (χ0n) is 11.3. The molecule has 3 nitrogen and oxygen atoms in total. The minimum Gasteiger partial charge on any atom is -0.349 e. The highest BCUT2D eigenvalue weighted by molar-refractivity contribution is 6.42. The first kappa shape index (κ1) is 17.6. The molecule has 2 unspecified atom stereocenters. The van der Waals surface area contributed by atoms with Gasteiger partial charge < -0.3 is 10.6 Å². The fraction of sp³-hybridized carbons (Fsp3) is 0.500. The molecule has 6 heteroatoms. The summed E-state index contributed by atoms with van der Waals surface area (Å²) >= 11 is 12.2. The van der Waals surface area contributed by atoms with Crippen LogP contribution in [0.5, 0.6) is 0 Å². The maximum atomic E-state index is 12.2. The van der Waals surface area contributed by atoms with Crippen LogP contribution in [0.25, 0.3) is 0 Å². The number of amides is 1. The van der Waals surface area contributed by atoms with Crippen LogP contribution in [0.3, 0.4) is 0 Å². The fourth-order valence-corrected chi connectivity index (χ4v) is 2.81. The molecule has 1 fully saturated rings. The summed E-state index contributed by atoms with van der Waals surface area (Å²) < 4.78 is 0. The molecule has 0 spiro atoms. The number of benzene rings is 1. The van der Waals surface area contributed by atoms with Crippen molar-refractivity contribution in [1.82, 2.24) is 10.6 Å². The van der Waals surface area contributed by atoms with E-state index >= 15 is 0 Å². The van der Waals surface area contributed by atoms with Gasteiger partial charge >= 0.3 is 0 Å². The number of carbonyl (C=O) groups excluding carboxylic acids is 1. The largest absolute Gasteiger partial charge is 0.349 e. The summed E-state index contributed by atoms with van der Waals surface area (Å²) in [5.74, 6) is 0.130. The van der Waals surface area contributed by atoms with Gasteiger partial charge in [0.2, 0.25) is 5.91 Å². The van der Waals surface area contributed by atoms with Crippen molar-refractivity contribution in [3.63, 3.8) is 0 Å². The molecule has 1 aliphatic rings. The molecule has 2 atom stereocenters. The standard InChI is InChI=1S/C14H18Cl2N2O.ClH/c1-9(11-5-2-6-12(15)13(11)16)18-14(19)10-4-3-7-17-8-10;/h2,5-6,9-10,17H,3-4,7-8H2,1H3,(H,18,19);1H. The number of hydrogen-bond donors (Lipinski definition) is 2. The summed E-state index contributed by atoms with van der Waals surface area (Å²) in [7, 11) is 0. The van der Waals surface area contributed by atoms with Gasteiger partial charge in [-0.25, -0.2) is 0 Å². The van der Waals surface area contributed by atoms with E-state index in [4.69, 9.17) is 23.2 Å². The molecule has 0 aromatic heterocycles. The Morgan fingerprint density at radius 2 is 2.20 bits per heavy atom. The van der Waals surface area contributed by atoms with Crippen molar-refractivity contribution in [2.24, 2.45) is 5.92 Å². The lowest BCUT2D eigenvalue weighted by Gasteiger charge is -2.24. The van der Waals surface area contributed by atoms with Crippen LogP contribution < -0.4 is 10.6 Å². The molecule has 0 bridgehead atoms. The molecule has 1 aromatic carbocycles. The quantitative estimate of drug-likeness (QED) is 0.885. The van der Waals surface area contributed by atoms with Gasteiger partial charge in [0.1, 0.15) is 0 Å². The second kappa shape index (κ2) is 8.08. The lowest BCUT2D eigenvalue weighted by atomic mass is 9.98. The van der Waals surface area contributed by atoms with E-state index in [0.29, 0.717) is 10.0 Å². The Morgan fingerprint density at radius 1 is 1.45 bits per heavy atom. The smallest absolute Gasteiger partial charge is 0.224 e. The fourth-order valence-electron chi connectivity index (χ4n) is 2.34. The molecule has 2 N–H and O–H groups in total. The molecule has 20 heavy (non-hydrogen) atoms. The Labute approximate surface area is 135 Å². The third kappa shape index (κ3) is 4.26. The highest BCUT2D eigenvalue weighted by Gasteiger charge is 2.23. The summed E-state index contributed by atoms with van der Waals surface area (Å²) in [6.07, 6.45) is 1.99. The Bertz CT molecular complexity index is 462. The highest BCUT2D eigenvalue weighted by atomic mass is 35.5. The van der Waals surface area contributed by atoms with Crippen molar-refractivity contribution in [3.05, 3.63) is 33.8 Å². The van der Waals surface area contributed by atoms with Gasteiger partial charge in [0.05, 0.1) is 22.0 Å². The van der Waals surface area contributed by atoms with Crippen LogP contribution in [0.15, 0.2) is 18.2 Å². The average Bonchev–Trinajstić information content (AvgIpc) is 2.42. The molecule has 112 valence electrons. The van der Waals surface area contributed by atoms with Gasteiger partial charge in [0.15, 0.2) is 0 Å². The van der Waals surface area contributed by atoms with Gasteiger partial charge in [-0.1, -0.05) is 35.3 Å². The summed E-state index contributed by atoms with van der Waals surface area (Å²) in [5, 5.41) is 7.28. The Kier molecular flexibility index (Phi) is 7.10. The highest BCUT2D eigenvalue weighted by Crippen LogP contribution is 2.29. The molecule has 2 rings (SSSR count). The molecule has 1 saturated heterocycles. The van der Waals surface area contributed by atoms with Crippen molar-refractivity contribution in [3.8, 4) is 0 Å². The molecule has 1 heterocycles. The van der Waals surface area contributed by atoms with E-state index in [1.807, 2.05) is 19.1 Å². The lowest BCUT2D eigenvalue weighted by molar-refractivity contribution is -0.126. The maximum Gasteiger partial charge on any atom is 0.224 e. The van der Waals surface area contributed by atoms with Gasteiger partial charge in [-0.15, -0.1) is 12.4 Å². The second-order valence-corrected chi connectivity index (χ2v) is 5.70. The molecular formula is C14H19Cl3N2O. The van der Waals surface area contributed by atoms with Gasteiger partial charge in [0.25, 0.3) is 0 Å². The first-order chi connectivity index (χ1) is 9.09. The molecule has 0 aliphatic carbocycles. The van der Waals surface area contributed by atoms with Crippen LogP contribution in [0.2, 0.25) is 10.0 Å². The van der Waals surface area contributed by atoms with Crippen molar-refractivity contribution < 1.29 is 4.79 Å². The minimum absolute atomic E-state index is 0. The topological polar surface area (TPSA) is 41.1 Å². The predicted octanol–water partition coefficient (Wildman–Crippen LogP) is 3.59. The van der Waals surface area contributed by atoms with Crippen LogP contribution in [0.1, 0.15) is 31.4 Å². The lowest BCUT2D eigenvalue weighted by Crippen LogP contribution is -2.41. The van der Waals surface area contributed by atoms with Crippen molar-refractivity contribution >= 4 is 41.5 Å². The number of piperidine rings is 1. The van der Waals surface area contributed by atoms with Gasteiger partial charge in [-0.3, -0.25) is 4.79 Å². The third-order valence-electron chi connectivity index (χ3n) is 3.47. The number of rotatable bonds is 3. The van der Waals surface area contributed by atoms with Crippen LogP contribution in [-0.2, 0) is 4.79 Å². The predicted molar refractivity (Wildman–Crippen MR) is 85.9 cm³/mol. The summed E-state index contributed by atoms with van der Waals surface area (Å²) in [5.41, 5.74) is 0.853. The van der Waals surface area contributed by atoms with E-state index in [-0.39, 0.29) is 30.3 Å². The Hall–Kier alpha value is -0.480. The molecule has 1 aromatic rings. The molecule has 0 saturated carbocycles. The monoisotopic (exact) mass is 336 g/mol. The van der Waals surface area contributed by atoms with Crippen LogP contribution in [0.4, 0.5) is 0 Å². The Morgan fingerprint density at radius 3 is 2.85 bits per heavy atom. The molecule has 1 amide bonds. The number of halogens is 3. The zero-order valence-corrected chi connectivity index (χ0v) is 13.6. The van der Waals surface area contributed by atoms with E-state index in [9.17, 15) is 4.79 Å². The van der Waals surface area contributed by atoms with E-state index in [2.05, 4.69) is 10.6 Å². The summed E-state index contributed by atoms with van der Waals surface area (Å²) in [6, 6.07) is 5.33. The SMILES string of the molecule is CC(NC(=O)C1CCCNC1)c1cccc(Cl)c1Cl.Cl. The van der Waals surface area contributed by atoms with Gasteiger partial charge in [0, 0.05) is 6.54 Å². The van der Waals surface area contributed by atoms with Crippen molar-refractivity contribution in [1.29, 1.82) is 0 Å². The molecular weight excluding hydrogens is 319 g/mol. The third-order valence-corrected chi connectivity index (χ3v) is 4.31. The normalized spacial score (nSPS) is 19.9. The number of carbonyl (C=O) groups is 1. The first-order valence-corrected chi connectivity index (χ1v) is 7.30. The van der Waals surface area contributed by atoms with E-state index in [0.717, 1.165) is 31.5 Å². The minimum atomic E-state index is -0.138. The second-order valence-electron chi connectivity index (χ2n) is 4.92. The van der Waals surface area contributed by atoms with Crippen LogP contribution in [-0.4, -0.2) is 19.0 Å². The first-order valence-electron chi connectivity index (χ1n) is 6.54. The van der Waals surface area contributed by atoms with Crippen LogP contribution >= 0.6 is 35.6 Å². The van der Waals surface area contributed by atoms with Crippen LogP contribution in [0, 0.1) is 5.92 Å². The van der Waals surface area contributed by atoms with Gasteiger partial charge in [-0.2, -0.15) is 0 Å². The average molecular weight is 338 g/mol. The van der Waals surface area contributed by atoms with Crippen molar-refractivity contribution in [2.45, 2.75) is 25.8 Å². The molecule has 1 aliphatic heterocycles. The maximum absolute atomic E-state index is 12.2. The molecule has 0 radical (unpaired) electrons. The zero-order chi connectivity index (χ0) is 13.8. The summed E-state index contributed by atoms with van der Waals surface area (Å²) in [6.45, 7) is 3.67. The Balaban J connectivity index is 0.00000200. The summed E-state index contributed by atoms with van der Waals surface area (Å²) in [4.78, 5) is 12.2. The van der Waals surface area contributed by atoms with E-state index < -0.39 is 0 Å². The number of nitrogens with one attached hydrogen (secondary N) is 2. The van der Waals surface area contributed by atoms with Gasteiger partial charge in [-0.05, 0) is 37.9 Å². The van der Waals surface area contributed by atoms with E-state index in [1.54, 1.807) is 6.07 Å². The van der Waals surface area contributed by atoms with Crippen molar-refractivity contribution in [2.75, 3.05) is 13.1 Å². The van der Waals surface area contributed by atoms with E-state index in [1.165, 1.54) is 0 Å². The number of hydrogen-bond acceptors (Lipinski definition) is 2.